The lowest BCUT2D eigenvalue weighted by Gasteiger charge is -1.99. The fourth-order valence-corrected chi connectivity index (χ4v) is 1.10. The first kappa shape index (κ1) is 12.4. The van der Waals surface area contributed by atoms with Crippen LogP contribution in [-0.2, 0) is 9.53 Å². The summed E-state index contributed by atoms with van der Waals surface area (Å²) in [4.78, 5) is 11.2. The summed E-state index contributed by atoms with van der Waals surface area (Å²) in [7, 11) is 0. The normalized spacial score (nSPS) is 10.6. The number of hydrogen-bond acceptors (Lipinski definition) is 2. The fourth-order valence-electron chi connectivity index (χ4n) is 1.10. The van der Waals surface area contributed by atoms with Crippen LogP contribution in [0, 0.1) is 5.82 Å². The van der Waals surface area contributed by atoms with Gasteiger partial charge in [-0.15, -0.1) is 0 Å². The second kappa shape index (κ2) is 6.77. The number of benzene rings is 1. The number of halogens is 1. The highest BCUT2D eigenvalue weighted by atomic mass is 19.1. The van der Waals surface area contributed by atoms with E-state index in [2.05, 4.69) is 0 Å². The summed E-state index contributed by atoms with van der Waals surface area (Å²) < 4.78 is 17.5. The van der Waals surface area contributed by atoms with Gasteiger partial charge >= 0.3 is 5.97 Å². The third-order valence-corrected chi connectivity index (χ3v) is 2.02. The molecule has 0 unspecified atom stereocenters. The zero-order valence-corrected chi connectivity index (χ0v) is 9.28. The van der Waals surface area contributed by atoms with Crippen LogP contribution in [0.1, 0.15) is 25.3 Å². The molecule has 0 fully saturated rings. The molecule has 0 bridgehead atoms. The molecule has 0 aromatic heterocycles. The lowest BCUT2D eigenvalue weighted by molar-refractivity contribution is -0.137. The van der Waals surface area contributed by atoms with E-state index in [4.69, 9.17) is 4.74 Å². The van der Waals surface area contributed by atoms with Crippen LogP contribution in [-0.4, -0.2) is 12.6 Å². The predicted octanol–water partition coefficient (Wildman–Crippen LogP) is 3.18. The summed E-state index contributed by atoms with van der Waals surface area (Å²) in [5.74, 6) is -0.652. The van der Waals surface area contributed by atoms with Crippen LogP contribution in [0.3, 0.4) is 0 Å². The molecule has 0 aliphatic rings. The summed E-state index contributed by atoms with van der Waals surface area (Å²) in [5, 5.41) is 0. The van der Waals surface area contributed by atoms with Gasteiger partial charge in [0.05, 0.1) is 6.61 Å². The van der Waals surface area contributed by atoms with Crippen molar-refractivity contribution in [3.05, 3.63) is 41.7 Å². The monoisotopic (exact) mass is 222 g/mol. The predicted molar refractivity (Wildman–Crippen MR) is 61.3 cm³/mol. The van der Waals surface area contributed by atoms with Gasteiger partial charge in [0.25, 0.3) is 0 Å². The number of rotatable bonds is 5. The minimum atomic E-state index is -0.363. The van der Waals surface area contributed by atoms with Crippen LogP contribution in [0.15, 0.2) is 30.3 Å². The summed E-state index contributed by atoms with van der Waals surface area (Å²) in [5.41, 5.74) is 0.772. The standard InChI is InChI=1S/C13H15FO2/c1-2-3-10-16-13(15)9-6-11-4-7-12(14)8-5-11/h4-9H,2-3,10H2,1H3. The van der Waals surface area contributed by atoms with Gasteiger partial charge in [-0.2, -0.15) is 0 Å². The summed E-state index contributed by atoms with van der Waals surface area (Å²) >= 11 is 0. The van der Waals surface area contributed by atoms with Gasteiger partial charge in [-0.25, -0.2) is 9.18 Å². The van der Waals surface area contributed by atoms with Crippen molar-refractivity contribution in [1.82, 2.24) is 0 Å². The Hall–Kier alpha value is -1.64. The van der Waals surface area contributed by atoms with E-state index in [0.717, 1.165) is 18.4 Å². The van der Waals surface area contributed by atoms with Crippen LogP contribution >= 0.6 is 0 Å². The highest BCUT2D eigenvalue weighted by Crippen LogP contribution is 2.04. The topological polar surface area (TPSA) is 26.3 Å². The first-order valence-corrected chi connectivity index (χ1v) is 5.33. The molecule has 0 atom stereocenters. The van der Waals surface area contributed by atoms with Crippen molar-refractivity contribution in [3.63, 3.8) is 0 Å². The van der Waals surface area contributed by atoms with Crippen molar-refractivity contribution in [2.75, 3.05) is 6.61 Å². The quantitative estimate of drug-likeness (QED) is 0.434. The maximum absolute atomic E-state index is 12.6. The molecule has 1 aromatic rings. The molecule has 0 spiro atoms. The molecule has 3 heteroatoms. The Labute approximate surface area is 94.7 Å². The van der Waals surface area contributed by atoms with Gasteiger partial charge in [0.2, 0.25) is 0 Å². The van der Waals surface area contributed by atoms with Crippen molar-refractivity contribution < 1.29 is 13.9 Å². The van der Waals surface area contributed by atoms with E-state index >= 15 is 0 Å². The average molecular weight is 222 g/mol. The average Bonchev–Trinajstić information content (AvgIpc) is 2.29. The number of carbonyl (C=O) groups is 1. The van der Waals surface area contributed by atoms with E-state index in [0.29, 0.717) is 6.61 Å². The molecule has 0 heterocycles. The molecule has 1 aromatic carbocycles. The molecule has 0 aliphatic heterocycles. The van der Waals surface area contributed by atoms with Crippen LogP contribution in [0.5, 0.6) is 0 Å². The van der Waals surface area contributed by atoms with E-state index in [1.165, 1.54) is 18.2 Å². The van der Waals surface area contributed by atoms with Gasteiger partial charge in [-0.05, 0) is 30.2 Å². The minimum absolute atomic E-state index is 0.289. The highest BCUT2D eigenvalue weighted by Gasteiger charge is 1.96. The molecule has 0 amide bonds. The Morgan fingerprint density at radius 1 is 1.38 bits per heavy atom. The smallest absolute Gasteiger partial charge is 0.330 e. The first-order chi connectivity index (χ1) is 7.72. The fraction of sp³-hybridized carbons (Fsp3) is 0.308. The van der Waals surface area contributed by atoms with Crippen molar-refractivity contribution in [3.8, 4) is 0 Å². The second-order valence-electron chi connectivity index (χ2n) is 3.41. The molecule has 0 aliphatic carbocycles. The summed E-state index contributed by atoms with van der Waals surface area (Å²) in [6.45, 7) is 2.48. The van der Waals surface area contributed by atoms with Crippen LogP contribution in [0.4, 0.5) is 4.39 Å². The van der Waals surface area contributed by atoms with Gasteiger partial charge < -0.3 is 4.74 Å². The van der Waals surface area contributed by atoms with E-state index in [9.17, 15) is 9.18 Å². The van der Waals surface area contributed by atoms with Crippen LogP contribution in [0.2, 0.25) is 0 Å². The number of unbranched alkanes of at least 4 members (excludes halogenated alkanes) is 1. The van der Waals surface area contributed by atoms with Crippen molar-refractivity contribution in [2.24, 2.45) is 0 Å². The number of ether oxygens (including phenoxy) is 1. The molecule has 16 heavy (non-hydrogen) atoms. The molecule has 0 saturated heterocycles. The maximum Gasteiger partial charge on any atom is 0.330 e. The molecule has 2 nitrogen and oxygen atoms in total. The van der Waals surface area contributed by atoms with Crippen molar-refractivity contribution in [1.29, 1.82) is 0 Å². The molecule has 0 radical (unpaired) electrons. The molecular formula is C13H15FO2. The largest absolute Gasteiger partial charge is 0.463 e. The van der Waals surface area contributed by atoms with Gasteiger partial charge in [0.15, 0.2) is 0 Å². The van der Waals surface area contributed by atoms with E-state index in [1.54, 1.807) is 18.2 Å². The Kier molecular flexibility index (Phi) is 5.26. The zero-order chi connectivity index (χ0) is 11.8. The maximum atomic E-state index is 12.6. The molecule has 0 saturated carbocycles. The number of carbonyl (C=O) groups excluding carboxylic acids is 1. The SMILES string of the molecule is CCCCOC(=O)C=Cc1ccc(F)cc1. The van der Waals surface area contributed by atoms with Gasteiger partial charge in [-0.1, -0.05) is 25.5 Å². The van der Waals surface area contributed by atoms with Crippen molar-refractivity contribution in [2.45, 2.75) is 19.8 Å². The minimum Gasteiger partial charge on any atom is -0.463 e. The van der Waals surface area contributed by atoms with E-state index in [-0.39, 0.29) is 11.8 Å². The van der Waals surface area contributed by atoms with Gasteiger partial charge in [0.1, 0.15) is 5.82 Å². The zero-order valence-electron chi connectivity index (χ0n) is 9.28. The highest BCUT2D eigenvalue weighted by molar-refractivity contribution is 5.86. The number of esters is 1. The Morgan fingerprint density at radius 3 is 2.69 bits per heavy atom. The third-order valence-electron chi connectivity index (χ3n) is 2.02. The Balaban J connectivity index is 2.41. The molecule has 1 rings (SSSR count). The van der Waals surface area contributed by atoms with Gasteiger partial charge in [-0.3, -0.25) is 0 Å². The van der Waals surface area contributed by atoms with Gasteiger partial charge in [0, 0.05) is 6.08 Å². The molecular weight excluding hydrogens is 207 g/mol. The lowest BCUT2D eigenvalue weighted by atomic mass is 10.2. The van der Waals surface area contributed by atoms with Crippen LogP contribution < -0.4 is 0 Å². The summed E-state index contributed by atoms with van der Waals surface area (Å²) in [6, 6.07) is 5.90. The second-order valence-corrected chi connectivity index (χ2v) is 3.41. The number of hydrogen-bond donors (Lipinski definition) is 0. The molecule has 86 valence electrons. The Morgan fingerprint density at radius 2 is 2.06 bits per heavy atom. The van der Waals surface area contributed by atoms with Crippen LogP contribution in [0.25, 0.3) is 6.08 Å². The first-order valence-electron chi connectivity index (χ1n) is 5.33. The van der Waals surface area contributed by atoms with E-state index in [1.807, 2.05) is 6.92 Å². The van der Waals surface area contributed by atoms with Crippen molar-refractivity contribution >= 4 is 12.0 Å². The Bertz CT molecular complexity index is 355. The van der Waals surface area contributed by atoms with E-state index < -0.39 is 0 Å². The summed E-state index contributed by atoms with van der Waals surface area (Å²) in [6.07, 6.45) is 4.82. The molecule has 0 N–H and O–H groups in total. The lowest BCUT2D eigenvalue weighted by Crippen LogP contribution is -2.01. The third kappa shape index (κ3) is 4.73.